The number of sulfonamides is 1. The first-order chi connectivity index (χ1) is 9.29. The van der Waals surface area contributed by atoms with Crippen molar-refractivity contribution >= 4 is 49.1 Å². The molecule has 0 amide bonds. The summed E-state index contributed by atoms with van der Waals surface area (Å²) in [4.78, 5) is 14.7. The molecular weight excluding hydrogens is 368 g/mol. The van der Waals surface area contributed by atoms with Gasteiger partial charge in [0.15, 0.2) is 0 Å². The lowest BCUT2D eigenvalue weighted by Gasteiger charge is -2.06. The third-order valence-electron chi connectivity index (χ3n) is 2.28. The number of aromatic carboxylic acids is 1. The van der Waals surface area contributed by atoms with Crippen molar-refractivity contribution in [2.24, 2.45) is 0 Å². The summed E-state index contributed by atoms with van der Waals surface area (Å²) >= 11 is 3.91. The molecule has 0 bridgehead atoms. The second-order valence-corrected chi connectivity index (χ2v) is 7.84. The molecule has 0 aliphatic heterocycles. The average molecular weight is 377 g/mol. The van der Waals surface area contributed by atoms with E-state index in [9.17, 15) is 13.2 Å². The summed E-state index contributed by atoms with van der Waals surface area (Å²) in [6, 6.07) is 6.03. The number of anilines is 1. The number of carboxylic acids is 1. The Hall–Kier alpha value is -1.45. The van der Waals surface area contributed by atoms with Crippen LogP contribution in [0.3, 0.4) is 0 Å². The lowest BCUT2D eigenvalue weighted by atomic mass is 10.4. The Labute approximate surface area is 127 Å². The van der Waals surface area contributed by atoms with Crippen molar-refractivity contribution in [1.82, 2.24) is 4.98 Å². The van der Waals surface area contributed by atoms with Crippen LogP contribution < -0.4 is 4.72 Å². The van der Waals surface area contributed by atoms with Gasteiger partial charge in [-0.25, -0.2) is 18.2 Å². The highest BCUT2D eigenvalue weighted by atomic mass is 79.9. The lowest BCUT2D eigenvalue weighted by Crippen LogP contribution is -2.13. The van der Waals surface area contributed by atoms with Crippen molar-refractivity contribution in [2.75, 3.05) is 4.72 Å². The highest BCUT2D eigenvalue weighted by Crippen LogP contribution is 2.32. The molecule has 0 saturated carbocycles. The first kappa shape index (κ1) is 14.9. The van der Waals surface area contributed by atoms with Crippen LogP contribution in [0.4, 0.5) is 5.82 Å². The van der Waals surface area contributed by atoms with Crippen molar-refractivity contribution in [2.45, 2.75) is 11.8 Å². The zero-order valence-corrected chi connectivity index (χ0v) is 13.3. The van der Waals surface area contributed by atoms with E-state index in [2.05, 4.69) is 25.6 Å². The van der Waals surface area contributed by atoms with Crippen LogP contribution in [-0.4, -0.2) is 24.5 Å². The van der Waals surface area contributed by atoms with Crippen molar-refractivity contribution in [3.8, 4) is 0 Å². The summed E-state index contributed by atoms with van der Waals surface area (Å²) in [5.74, 6) is -0.995. The Morgan fingerprint density at radius 2 is 2.15 bits per heavy atom. The summed E-state index contributed by atoms with van der Waals surface area (Å²) in [6.07, 6.45) is 0. The van der Waals surface area contributed by atoms with E-state index in [0.29, 0.717) is 5.69 Å². The summed E-state index contributed by atoms with van der Waals surface area (Å²) in [5, 5.41) is 8.88. The Morgan fingerprint density at radius 3 is 2.70 bits per heavy atom. The molecule has 6 nitrogen and oxygen atoms in total. The largest absolute Gasteiger partial charge is 0.477 e. The number of aryl methyl sites for hydroxylation is 1. The van der Waals surface area contributed by atoms with E-state index in [1.165, 1.54) is 6.07 Å². The molecule has 20 heavy (non-hydrogen) atoms. The second kappa shape index (κ2) is 5.51. The van der Waals surface area contributed by atoms with Gasteiger partial charge in [-0.3, -0.25) is 4.72 Å². The van der Waals surface area contributed by atoms with Crippen LogP contribution in [-0.2, 0) is 10.0 Å². The van der Waals surface area contributed by atoms with E-state index >= 15 is 0 Å². The van der Waals surface area contributed by atoms with Gasteiger partial charge in [0.1, 0.15) is 15.6 Å². The fourth-order valence-electron chi connectivity index (χ4n) is 1.43. The first-order valence-corrected chi connectivity index (χ1v) is 8.38. The Morgan fingerprint density at radius 1 is 1.45 bits per heavy atom. The third kappa shape index (κ3) is 3.17. The SMILES string of the molecule is Cc1cccc(NS(=O)(=O)c2cc(C(=O)O)sc2Br)n1. The number of carboxylic acid groups (broad SMARTS) is 1. The number of rotatable bonds is 4. The molecule has 2 aromatic heterocycles. The maximum absolute atomic E-state index is 12.2. The number of thiophene rings is 1. The highest BCUT2D eigenvalue weighted by Gasteiger charge is 2.23. The van der Waals surface area contributed by atoms with Crippen LogP contribution in [0.25, 0.3) is 0 Å². The van der Waals surface area contributed by atoms with E-state index in [4.69, 9.17) is 5.11 Å². The molecule has 0 aliphatic rings. The van der Waals surface area contributed by atoms with Crippen LogP contribution in [0, 0.1) is 6.92 Å². The predicted molar refractivity (Wildman–Crippen MR) is 78.8 cm³/mol. The van der Waals surface area contributed by atoms with E-state index in [-0.39, 0.29) is 19.4 Å². The number of nitrogens with one attached hydrogen (secondary N) is 1. The van der Waals surface area contributed by atoms with Gasteiger partial charge in [0.05, 0.1) is 3.79 Å². The molecule has 0 aromatic carbocycles. The summed E-state index contributed by atoms with van der Waals surface area (Å²) in [6.45, 7) is 1.74. The fourth-order valence-corrected chi connectivity index (χ4v) is 4.84. The van der Waals surface area contributed by atoms with Gasteiger partial charge in [0, 0.05) is 5.69 Å². The molecule has 0 spiro atoms. The molecule has 0 fully saturated rings. The van der Waals surface area contributed by atoms with Gasteiger partial charge in [-0.05, 0) is 41.1 Å². The molecule has 9 heteroatoms. The summed E-state index contributed by atoms with van der Waals surface area (Å²) in [7, 11) is -3.89. The summed E-state index contributed by atoms with van der Waals surface area (Å²) in [5.41, 5.74) is 0.667. The third-order valence-corrected chi connectivity index (χ3v) is 5.88. The molecular formula is C11H9BrN2O4S2. The maximum Gasteiger partial charge on any atom is 0.345 e. The van der Waals surface area contributed by atoms with Gasteiger partial charge in [-0.1, -0.05) is 6.07 Å². The molecule has 0 radical (unpaired) electrons. The van der Waals surface area contributed by atoms with Gasteiger partial charge >= 0.3 is 5.97 Å². The molecule has 0 aliphatic carbocycles. The number of carbonyl (C=O) groups is 1. The van der Waals surface area contributed by atoms with Crippen molar-refractivity contribution in [1.29, 1.82) is 0 Å². The van der Waals surface area contributed by atoms with Crippen molar-refractivity contribution in [3.63, 3.8) is 0 Å². The Kier molecular flexibility index (Phi) is 4.11. The van der Waals surface area contributed by atoms with Gasteiger partial charge < -0.3 is 5.11 Å². The molecule has 2 aromatic rings. The molecule has 0 unspecified atom stereocenters. The van der Waals surface area contributed by atoms with E-state index in [1.54, 1.807) is 19.1 Å². The molecule has 0 atom stereocenters. The normalized spacial score (nSPS) is 11.3. The number of halogens is 1. The van der Waals surface area contributed by atoms with Crippen LogP contribution >= 0.6 is 27.3 Å². The minimum Gasteiger partial charge on any atom is -0.477 e. The fraction of sp³-hybridized carbons (Fsp3) is 0.0909. The lowest BCUT2D eigenvalue weighted by molar-refractivity contribution is 0.0702. The van der Waals surface area contributed by atoms with Crippen LogP contribution in [0.5, 0.6) is 0 Å². The minimum atomic E-state index is -3.89. The van der Waals surface area contributed by atoms with Crippen molar-refractivity contribution in [3.05, 3.63) is 38.6 Å². The van der Waals surface area contributed by atoms with Crippen molar-refractivity contribution < 1.29 is 18.3 Å². The van der Waals surface area contributed by atoms with E-state index in [0.717, 1.165) is 17.4 Å². The van der Waals surface area contributed by atoms with Crippen LogP contribution in [0.2, 0.25) is 0 Å². The minimum absolute atomic E-state index is 0.0607. The van der Waals surface area contributed by atoms with Gasteiger partial charge in [-0.2, -0.15) is 0 Å². The standard InChI is InChI=1S/C11H9BrN2O4S2/c1-6-3-2-4-9(13-6)14-20(17,18)8-5-7(11(15)16)19-10(8)12/h2-5H,1H3,(H,13,14)(H,15,16). The maximum atomic E-state index is 12.2. The number of pyridine rings is 1. The van der Waals surface area contributed by atoms with Crippen LogP contribution in [0.15, 0.2) is 32.9 Å². The smallest absolute Gasteiger partial charge is 0.345 e. The van der Waals surface area contributed by atoms with Crippen LogP contribution in [0.1, 0.15) is 15.4 Å². The quantitative estimate of drug-likeness (QED) is 0.854. The number of hydrogen-bond acceptors (Lipinski definition) is 5. The monoisotopic (exact) mass is 376 g/mol. The van der Waals surface area contributed by atoms with Gasteiger partial charge in [0.25, 0.3) is 10.0 Å². The average Bonchev–Trinajstić information content (AvgIpc) is 2.71. The predicted octanol–water partition coefficient (Wildman–Crippen LogP) is 2.71. The molecule has 2 rings (SSSR count). The molecule has 106 valence electrons. The Balaban J connectivity index is 2.38. The van der Waals surface area contributed by atoms with E-state index in [1.807, 2.05) is 0 Å². The summed E-state index contributed by atoms with van der Waals surface area (Å²) < 4.78 is 26.9. The zero-order valence-electron chi connectivity index (χ0n) is 10.1. The Bertz CT molecular complexity index is 770. The molecule has 2 heterocycles. The topological polar surface area (TPSA) is 96.4 Å². The highest BCUT2D eigenvalue weighted by molar-refractivity contribution is 9.11. The number of aromatic nitrogens is 1. The molecule has 2 N–H and O–H groups in total. The zero-order chi connectivity index (χ0) is 14.9. The molecule has 0 saturated heterocycles. The number of nitrogens with zero attached hydrogens (tertiary/aromatic N) is 1. The first-order valence-electron chi connectivity index (χ1n) is 5.29. The van der Waals surface area contributed by atoms with Gasteiger partial charge in [0.2, 0.25) is 0 Å². The second-order valence-electron chi connectivity index (χ2n) is 3.82. The number of hydrogen-bond donors (Lipinski definition) is 2. The van der Waals surface area contributed by atoms with E-state index < -0.39 is 16.0 Å². The van der Waals surface area contributed by atoms with Gasteiger partial charge in [-0.15, -0.1) is 11.3 Å².